The zero-order chi connectivity index (χ0) is 23.9. The first-order chi connectivity index (χ1) is 16.5. The number of rotatable bonds is 9. The molecule has 7 nitrogen and oxygen atoms in total. The van der Waals surface area contributed by atoms with Gasteiger partial charge in [0.15, 0.2) is 11.5 Å². The summed E-state index contributed by atoms with van der Waals surface area (Å²) in [6, 6.07) is 23.9. The van der Waals surface area contributed by atoms with E-state index in [-0.39, 0.29) is 11.5 Å². The third-order valence-corrected chi connectivity index (χ3v) is 5.21. The van der Waals surface area contributed by atoms with Crippen molar-refractivity contribution in [2.24, 2.45) is 5.92 Å². The molecule has 0 radical (unpaired) electrons. The van der Waals surface area contributed by atoms with Crippen LogP contribution in [0, 0.1) is 5.92 Å². The van der Waals surface area contributed by atoms with E-state index in [1.807, 2.05) is 43.3 Å². The molecule has 3 aromatic carbocycles. The zero-order valence-electron chi connectivity index (χ0n) is 19.1. The van der Waals surface area contributed by atoms with Gasteiger partial charge < -0.3 is 14.2 Å². The number of hydrazine groups is 1. The van der Waals surface area contributed by atoms with Crippen molar-refractivity contribution < 1.29 is 23.8 Å². The van der Waals surface area contributed by atoms with Gasteiger partial charge in [0.1, 0.15) is 11.3 Å². The zero-order valence-corrected chi connectivity index (χ0v) is 19.1. The maximum atomic E-state index is 12.8. The summed E-state index contributed by atoms with van der Waals surface area (Å²) in [5.74, 6) is 1.18. The summed E-state index contributed by atoms with van der Waals surface area (Å²) in [6.07, 6.45) is 1.54. The SMILES string of the molecule is COc1cc(C=C2C(=O)NN(c3ccccc3)C2=O)ccc1OCC(C)COc1ccccc1. The second-order valence-electron chi connectivity index (χ2n) is 7.93. The molecule has 1 aliphatic heterocycles. The van der Waals surface area contributed by atoms with Crippen LogP contribution < -0.4 is 24.6 Å². The van der Waals surface area contributed by atoms with E-state index in [9.17, 15) is 9.59 Å². The fourth-order valence-electron chi connectivity index (χ4n) is 3.41. The highest BCUT2D eigenvalue weighted by molar-refractivity contribution is 6.31. The van der Waals surface area contributed by atoms with E-state index in [4.69, 9.17) is 14.2 Å². The molecule has 1 fully saturated rings. The van der Waals surface area contributed by atoms with Gasteiger partial charge in [-0.1, -0.05) is 49.4 Å². The van der Waals surface area contributed by atoms with E-state index in [2.05, 4.69) is 5.43 Å². The molecule has 0 aromatic heterocycles. The number of carbonyl (C=O) groups excluding carboxylic acids is 2. The average molecular weight is 459 g/mol. The van der Waals surface area contributed by atoms with Crippen LogP contribution in [0.2, 0.25) is 0 Å². The normalized spacial score (nSPS) is 15.2. The molecule has 4 rings (SSSR count). The predicted molar refractivity (Wildman–Crippen MR) is 130 cm³/mol. The van der Waals surface area contributed by atoms with Crippen LogP contribution in [-0.4, -0.2) is 32.1 Å². The molecule has 7 heteroatoms. The van der Waals surface area contributed by atoms with Gasteiger partial charge in [-0.25, -0.2) is 5.01 Å². The molecule has 1 heterocycles. The lowest BCUT2D eigenvalue weighted by molar-refractivity contribution is -0.117. The Hall–Kier alpha value is -4.26. The van der Waals surface area contributed by atoms with E-state index in [1.165, 1.54) is 5.01 Å². The maximum absolute atomic E-state index is 12.8. The van der Waals surface area contributed by atoms with Crippen molar-refractivity contribution in [3.63, 3.8) is 0 Å². The second-order valence-corrected chi connectivity index (χ2v) is 7.93. The number of methoxy groups -OCH3 is 1. The van der Waals surface area contributed by atoms with Crippen molar-refractivity contribution in [3.05, 3.63) is 90.0 Å². The smallest absolute Gasteiger partial charge is 0.282 e. The van der Waals surface area contributed by atoms with Gasteiger partial charge in [-0.15, -0.1) is 0 Å². The van der Waals surface area contributed by atoms with Gasteiger partial charge in [0.2, 0.25) is 0 Å². The van der Waals surface area contributed by atoms with Crippen molar-refractivity contribution >= 4 is 23.6 Å². The average Bonchev–Trinajstić information content (AvgIpc) is 3.16. The Balaban J connectivity index is 1.41. The molecule has 0 aliphatic carbocycles. The summed E-state index contributed by atoms with van der Waals surface area (Å²) < 4.78 is 17.2. The molecule has 1 aliphatic rings. The Bertz CT molecular complexity index is 1180. The van der Waals surface area contributed by atoms with E-state index in [0.29, 0.717) is 36.0 Å². The van der Waals surface area contributed by atoms with Gasteiger partial charge in [0.05, 0.1) is 26.0 Å². The standard InChI is InChI=1S/C27H26N2O5/c1-19(17-33-22-11-7-4-8-12-22)18-34-24-14-13-20(16-25(24)32-2)15-23-26(30)28-29(27(23)31)21-9-5-3-6-10-21/h3-16,19H,17-18H2,1-2H3,(H,28,30). The molecule has 1 atom stereocenters. The Kier molecular flexibility index (Phi) is 7.13. The van der Waals surface area contributed by atoms with Gasteiger partial charge >= 0.3 is 0 Å². The van der Waals surface area contributed by atoms with Gasteiger partial charge in [0, 0.05) is 5.92 Å². The molecule has 174 valence electrons. The lowest BCUT2D eigenvalue weighted by atomic mass is 10.1. The van der Waals surface area contributed by atoms with E-state index < -0.39 is 11.8 Å². The molecule has 1 unspecified atom stereocenters. The largest absolute Gasteiger partial charge is 0.493 e. The highest BCUT2D eigenvalue weighted by Gasteiger charge is 2.34. The summed E-state index contributed by atoms with van der Waals surface area (Å²) in [5, 5.41) is 1.24. The summed E-state index contributed by atoms with van der Waals surface area (Å²) >= 11 is 0. The number of ether oxygens (including phenoxy) is 3. The third-order valence-electron chi connectivity index (χ3n) is 5.21. The minimum atomic E-state index is -0.458. The van der Waals surface area contributed by atoms with Crippen molar-refractivity contribution in [3.8, 4) is 17.2 Å². The second kappa shape index (κ2) is 10.6. The van der Waals surface area contributed by atoms with Crippen LogP contribution in [0.3, 0.4) is 0 Å². The first-order valence-electron chi connectivity index (χ1n) is 11.0. The molecule has 1 saturated heterocycles. The third kappa shape index (κ3) is 5.38. The van der Waals surface area contributed by atoms with Crippen LogP contribution in [0.4, 0.5) is 5.69 Å². The van der Waals surface area contributed by atoms with Gasteiger partial charge in [-0.05, 0) is 48.0 Å². The lowest BCUT2D eigenvalue weighted by Crippen LogP contribution is -2.35. The van der Waals surface area contributed by atoms with E-state index in [0.717, 1.165) is 5.75 Å². The summed E-state index contributed by atoms with van der Waals surface area (Å²) in [5.41, 5.74) is 3.89. The molecule has 0 saturated carbocycles. The maximum Gasteiger partial charge on any atom is 0.282 e. The highest BCUT2D eigenvalue weighted by atomic mass is 16.5. The van der Waals surface area contributed by atoms with E-state index >= 15 is 0 Å². The van der Waals surface area contributed by atoms with Crippen LogP contribution >= 0.6 is 0 Å². The number of anilines is 1. The number of hydrogen-bond donors (Lipinski definition) is 1. The van der Waals surface area contributed by atoms with Crippen LogP contribution in [0.15, 0.2) is 84.4 Å². The molecular weight excluding hydrogens is 432 g/mol. The summed E-state index contributed by atoms with van der Waals surface area (Å²) in [6.45, 7) is 3.00. The van der Waals surface area contributed by atoms with Crippen molar-refractivity contribution in [2.75, 3.05) is 25.3 Å². The summed E-state index contributed by atoms with van der Waals surface area (Å²) in [4.78, 5) is 25.2. The fraction of sp³-hybridized carbons (Fsp3) is 0.185. The minimum Gasteiger partial charge on any atom is -0.493 e. The number of hydrogen-bond acceptors (Lipinski definition) is 5. The molecule has 0 spiro atoms. The van der Waals surface area contributed by atoms with Crippen molar-refractivity contribution in [1.82, 2.24) is 5.43 Å². The number of nitrogens with one attached hydrogen (secondary N) is 1. The predicted octanol–water partition coefficient (Wildman–Crippen LogP) is 4.25. The first kappa shape index (κ1) is 22.9. The van der Waals surface area contributed by atoms with Gasteiger partial charge in [-0.2, -0.15) is 0 Å². The number of benzene rings is 3. The van der Waals surface area contributed by atoms with Crippen LogP contribution in [0.1, 0.15) is 12.5 Å². The quantitative estimate of drug-likeness (QED) is 0.383. The van der Waals surface area contributed by atoms with E-state index in [1.54, 1.807) is 55.7 Å². The van der Waals surface area contributed by atoms with Crippen LogP contribution in [-0.2, 0) is 9.59 Å². The number of amides is 2. The molecule has 0 bridgehead atoms. The highest BCUT2D eigenvalue weighted by Crippen LogP contribution is 2.30. The number of carbonyl (C=O) groups is 2. The van der Waals surface area contributed by atoms with Gasteiger partial charge in [0.25, 0.3) is 11.8 Å². The molecule has 1 N–H and O–H groups in total. The topological polar surface area (TPSA) is 77.1 Å². The van der Waals surface area contributed by atoms with Gasteiger partial charge in [-0.3, -0.25) is 15.0 Å². The first-order valence-corrected chi connectivity index (χ1v) is 11.0. The van der Waals surface area contributed by atoms with Crippen LogP contribution in [0.5, 0.6) is 17.2 Å². The molecule has 3 aromatic rings. The Morgan fingerprint density at radius 1 is 0.882 bits per heavy atom. The molecule has 34 heavy (non-hydrogen) atoms. The molecule has 2 amide bonds. The molecular formula is C27H26N2O5. The Morgan fingerprint density at radius 2 is 1.56 bits per heavy atom. The number of para-hydroxylation sites is 2. The fourth-order valence-corrected chi connectivity index (χ4v) is 3.41. The van der Waals surface area contributed by atoms with Crippen LogP contribution in [0.25, 0.3) is 6.08 Å². The monoisotopic (exact) mass is 458 g/mol. The minimum absolute atomic E-state index is 0.0475. The Labute approximate surface area is 198 Å². The van der Waals surface area contributed by atoms with Crippen molar-refractivity contribution in [2.45, 2.75) is 6.92 Å². The van der Waals surface area contributed by atoms with Crippen molar-refractivity contribution in [1.29, 1.82) is 0 Å². The lowest BCUT2D eigenvalue weighted by Gasteiger charge is -2.16. The number of nitrogens with zero attached hydrogens (tertiary/aromatic N) is 1. The Morgan fingerprint density at radius 3 is 2.26 bits per heavy atom. The summed E-state index contributed by atoms with van der Waals surface area (Å²) in [7, 11) is 1.55.